The molecule has 130 valence electrons. The maximum atomic E-state index is 5.28. The standard InChI is InChI=1S/C18H24N4O.HI/c1-12(17-13(2)21-23-14(17)3)11-20-18(19-4)22-10-9-15-7-5-6-8-16(15)22;/h5-8,12H,9-11H2,1-4H3,(H,19,20);1H. The van der Waals surface area contributed by atoms with Crippen molar-refractivity contribution in [2.24, 2.45) is 4.99 Å². The monoisotopic (exact) mass is 440 g/mol. The lowest BCUT2D eigenvalue weighted by Crippen LogP contribution is -2.42. The summed E-state index contributed by atoms with van der Waals surface area (Å²) in [4.78, 5) is 6.72. The van der Waals surface area contributed by atoms with Gasteiger partial charge in [-0.05, 0) is 31.9 Å². The molecule has 0 fully saturated rings. The fourth-order valence-corrected chi connectivity index (χ4v) is 3.39. The van der Waals surface area contributed by atoms with Crippen molar-refractivity contribution >= 4 is 35.6 Å². The zero-order chi connectivity index (χ0) is 16.4. The third kappa shape index (κ3) is 3.58. The molecular weight excluding hydrogens is 415 g/mol. The zero-order valence-electron chi connectivity index (χ0n) is 14.7. The van der Waals surface area contributed by atoms with Crippen LogP contribution in [0.25, 0.3) is 0 Å². The van der Waals surface area contributed by atoms with E-state index in [2.05, 4.69) is 51.6 Å². The third-order valence-electron chi connectivity index (χ3n) is 4.50. The molecule has 1 atom stereocenters. The van der Waals surface area contributed by atoms with Crippen LogP contribution < -0.4 is 10.2 Å². The minimum Gasteiger partial charge on any atom is -0.361 e. The average Bonchev–Trinajstić information content (AvgIpc) is 3.12. The van der Waals surface area contributed by atoms with Gasteiger partial charge < -0.3 is 14.7 Å². The molecule has 1 aliphatic rings. The van der Waals surface area contributed by atoms with Crippen molar-refractivity contribution in [1.82, 2.24) is 10.5 Å². The van der Waals surface area contributed by atoms with Crippen molar-refractivity contribution in [3.63, 3.8) is 0 Å². The van der Waals surface area contributed by atoms with E-state index in [0.717, 1.165) is 36.9 Å². The summed E-state index contributed by atoms with van der Waals surface area (Å²) in [5, 5.41) is 7.55. The van der Waals surface area contributed by atoms with E-state index in [-0.39, 0.29) is 24.0 Å². The van der Waals surface area contributed by atoms with E-state index in [1.54, 1.807) is 0 Å². The van der Waals surface area contributed by atoms with Crippen LogP contribution in [-0.4, -0.2) is 31.3 Å². The molecule has 2 heterocycles. The van der Waals surface area contributed by atoms with E-state index >= 15 is 0 Å². The molecule has 0 amide bonds. The van der Waals surface area contributed by atoms with Gasteiger partial charge in [0.2, 0.25) is 0 Å². The molecule has 0 saturated carbocycles. The van der Waals surface area contributed by atoms with Gasteiger partial charge in [0, 0.05) is 37.3 Å². The highest BCUT2D eigenvalue weighted by Gasteiger charge is 2.23. The second-order valence-corrected chi connectivity index (χ2v) is 6.10. The maximum absolute atomic E-state index is 5.28. The first kappa shape index (κ1) is 18.8. The van der Waals surface area contributed by atoms with Crippen molar-refractivity contribution in [2.75, 3.05) is 25.0 Å². The van der Waals surface area contributed by atoms with Crippen LogP contribution in [0.5, 0.6) is 0 Å². The Morgan fingerprint density at radius 1 is 1.38 bits per heavy atom. The molecule has 6 heteroatoms. The second-order valence-electron chi connectivity index (χ2n) is 6.10. The molecule has 0 spiro atoms. The molecule has 1 aromatic heterocycles. The van der Waals surface area contributed by atoms with Crippen LogP contribution in [-0.2, 0) is 6.42 Å². The van der Waals surface area contributed by atoms with Crippen LogP contribution in [0.2, 0.25) is 0 Å². The average molecular weight is 440 g/mol. The van der Waals surface area contributed by atoms with E-state index < -0.39 is 0 Å². The first-order valence-corrected chi connectivity index (χ1v) is 8.10. The minimum atomic E-state index is 0. The smallest absolute Gasteiger partial charge is 0.198 e. The van der Waals surface area contributed by atoms with E-state index in [1.807, 2.05) is 20.9 Å². The number of aliphatic imine (C=N–C) groups is 1. The number of hydrogen-bond acceptors (Lipinski definition) is 3. The lowest BCUT2D eigenvalue weighted by Gasteiger charge is -2.24. The van der Waals surface area contributed by atoms with Gasteiger partial charge in [0.1, 0.15) is 5.76 Å². The van der Waals surface area contributed by atoms with E-state index in [9.17, 15) is 0 Å². The highest BCUT2D eigenvalue weighted by atomic mass is 127. The maximum Gasteiger partial charge on any atom is 0.198 e. The number of benzene rings is 1. The molecular formula is C18H25IN4O. The molecule has 24 heavy (non-hydrogen) atoms. The van der Waals surface area contributed by atoms with Crippen molar-refractivity contribution in [2.45, 2.75) is 33.1 Å². The molecule has 1 aromatic carbocycles. The van der Waals surface area contributed by atoms with Crippen molar-refractivity contribution in [3.8, 4) is 0 Å². The normalized spacial score (nSPS) is 15.0. The second kappa shape index (κ2) is 8.00. The zero-order valence-corrected chi connectivity index (χ0v) is 17.0. The predicted octanol–water partition coefficient (Wildman–Crippen LogP) is 3.65. The van der Waals surface area contributed by atoms with Crippen LogP contribution in [0.3, 0.4) is 0 Å². The number of aromatic nitrogens is 1. The van der Waals surface area contributed by atoms with Gasteiger partial charge in [0.15, 0.2) is 5.96 Å². The van der Waals surface area contributed by atoms with Gasteiger partial charge in [0.25, 0.3) is 0 Å². The summed E-state index contributed by atoms with van der Waals surface area (Å²) >= 11 is 0. The molecule has 0 saturated heterocycles. The number of hydrogen-bond donors (Lipinski definition) is 1. The quantitative estimate of drug-likeness (QED) is 0.450. The number of nitrogens with one attached hydrogen (secondary N) is 1. The Bertz CT molecular complexity index is 706. The Kier molecular flexibility index (Phi) is 6.26. The van der Waals surface area contributed by atoms with E-state index in [0.29, 0.717) is 5.92 Å². The molecule has 0 aliphatic carbocycles. The van der Waals surface area contributed by atoms with Gasteiger partial charge >= 0.3 is 0 Å². The first-order valence-electron chi connectivity index (χ1n) is 8.10. The van der Waals surface area contributed by atoms with Crippen LogP contribution in [0.4, 0.5) is 5.69 Å². The van der Waals surface area contributed by atoms with Crippen molar-refractivity contribution < 1.29 is 4.52 Å². The fourth-order valence-electron chi connectivity index (χ4n) is 3.39. The Hall–Kier alpha value is -1.57. The van der Waals surface area contributed by atoms with Gasteiger partial charge in [0.05, 0.1) is 5.69 Å². The van der Waals surface area contributed by atoms with Crippen LogP contribution in [0.1, 0.15) is 35.4 Å². The SMILES string of the molecule is CN=C(NCC(C)c1c(C)noc1C)N1CCc2ccccc21.I. The summed E-state index contributed by atoms with van der Waals surface area (Å²) in [7, 11) is 1.84. The molecule has 1 N–H and O–H groups in total. The molecule has 0 radical (unpaired) electrons. The molecule has 5 nitrogen and oxygen atoms in total. The molecule has 1 aliphatic heterocycles. The van der Waals surface area contributed by atoms with Crippen LogP contribution in [0.15, 0.2) is 33.8 Å². The van der Waals surface area contributed by atoms with Gasteiger partial charge in [-0.25, -0.2) is 0 Å². The fraction of sp³-hybridized carbons (Fsp3) is 0.444. The Morgan fingerprint density at radius 3 is 2.79 bits per heavy atom. The Morgan fingerprint density at radius 2 is 2.12 bits per heavy atom. The lowest BCUT2D eigenvalue weighted by molar-refractivity contribution is 0.391. The number of nitrogens with zero attached hydrogens (tertiary/aromatic N) is 3. The highest BCUT2D eigenvalue weighted by molar-refractivity contribution is 14.0. The number of anilines is 1. The summed E-state index contributed by atoms with van der Waals surface area (Å²) in [6, 6.07) is 8.52. The van der Waals surface area contributed by atoms with Gasteiger partial charge in [-0.1, -0.05) is 30.3 Å². The largest absolute Gasteiger partial charge is 0.361 e. The Balaban J connectivity index is 0.00000208. The lowest BCUT2D eigenvalue weighted by atomic mass is 10.00. The molecule has 1 unspecified atom stereocenters. The molecule has 2 aromatic rings. The number of aryl methyl sites for hydroxylation is 2. The minimum absolute atomic E-state index is 0. The molecule has 3 rings (SSSR count). The third-order valence-corrected chi connectivity index (χ3v) is 4.50. The predicted molar refractivity (Wildman–Crippen MR) is 109 cm³/mol. The van der Waals surface area contributed by atoms with Crippen molar-refractivity contribution in [1.29, 1.82) is 0 Å². The summed E-state index contributed by atoms with van der Waals surface area (Å²) in [5.41, 5.74) is 4.80. The van der Waals surface area contributed by atoms with Crippen LogP contribution in [0, 0.1) is 13.8 Å². The van der Waals surface area contributed by atoms with Crippen LogP contribution >= 0.6 is 24.0 Å². The summed E-state index contributed by atoms with van der Waals surface area (Å²) in [6.07, 6.45) is 1.07. The Labute approximate surface area is 160 Å². The van der Waals surface area contributed by atoms with Gasteiger partial charge in [-0.2, -0.15) is 0 Å². The molecule has 0 bridgehead atoms. The van der Waals surface area contributed by atoms with E-state index in [1.165, 1.54) is 16.8 Å². The summed E-state index contributed by atoms with van der Waals surface area (Å²) in [6.45, 7) is 7.92. The number of guanidine groups is 1. The summed E-state index contributed by atoms with van der Waals surface area (Å²) in [5.74, 6) is 2.14. The topological polar surface area (TPSA) is 53.7 Å². The number of para-hydroxylation sites is 1. The first-order chi connectivity index (χ1) is 11.1. The van der Waals surface area contributed by atoms with Gasteiger partial charge in [-0.15, -0.1) is 24.0 Å². The van der Waals surface area contributed by atoms with Crippen molar-refractivity contribution in [3.05, 3.63) is 46.8 Å². The van der Waals surface area contributed by atoms with Gasteiger partial charge in [-0.3, -0.25) is 4.99 Å². The highest BCUT2D eigenvalue weighted by Crippen LogP contribution is 2.27. The number of rotatable bonds is 3. The number of halogens is 1. The van der Waals surface area contributed by atoms with E-state index in [4.69, 9.17) is 4.52 Å². The summed E-state index contributed by atoms with van der Waals surface area (Å²) < 4.78 is 5.28. The number of fused-ring (bicyclic) bond motifs is 1.